The summed E-state index contributed by atoms with van der Waals surface area (Å²) < 4.78 is 0. The molecule has 0 saturated heterocycles. The maximum absolute atomic E-state index is 5.51. The van der Waals surface area contributed by atoms with Gasteiger partial charge in [-0.15, -0.1) is 0 Å². The highest BCUT2D eigenvalue weighted by Gasteiger charge is 2.09. The third-order valence-corrected chi connectivity index (χ3v) is 0.975. The molecule has 0 spiro atoms. The Kier molecular flexibility index (Phi) is 1.19. The van der Waals surface area contributed by atoms with Gasteiger partial charge in [0, 0.05) is 7.05 Å². The van der Waals surface area contributed by atoms with Crippen molar-refractivity contribution in [2.24, 2.45) is 4.99 Å². The van der Waals surface area contributed by atoms with E-state index in [0.29, 0.717) is 0 Å². The Morgan fingerprint density at radius 2 is 2.57 bits per heavy atom. The van der Waals surface area contributed by atoms with Crippen LogP contribution in [0.4, 0.5) is 0 Å². The van der Waals surface area contributed by atoms with E-state index < -0.39 is 0 Å². The van der Waals surface area contributed by atoms with Gasteiger partial charge in [0.05, 0.1) is 12.9 Å². The minimum atomic E-state index is -0.134. The monoisotopic (exact) mass is 117 g/mol. The number of rotatable bonds is 0. The van der Waals surface area contributed by atoms with E-state index in [-0.39, 0.29) is 5.50 Å². The van der Waals surface area contributed by atoms with Crippen LogP contribution in [-0.4, -0.2) is 23.8 Å². The summed E-state index contributed by atoms with van der Waals surface area (Å²) in [5.74, 6) is 0. The number of aliphatic imine (C=N–C) groups is 1. The van der Waals surface area contributed by atoms with E-state index >= 15 is 0 Å². The summed E-state index contributed by atoms with van der Waals surface area (Å²) in [5, 5.41) is 0. The molecule has 0 aromatic carbocycles. The first-order chi connectivity index (χ1) is 3.29. The highest BCUT2D eigenvalue weighted by atomic mass is 35.5. The van der Waals surface area contributed by atoms with Crippen molar-refractivity contribution in [1.82, 2.24) is 4.90 Å². The van der Waals surface area contributed by atoms with E-state index in [9.17, 15) is 0 Å². The van der Waals surface area contributed by atoms with E-state index in [4.69, 9.17) is 11.6 Å². The second-order valence-electron chi connectivity index (χ2n) is 1.45. The number of alkyl halides is 1. The summed E-state index contributed by atoms with van der Waals surface area (Å²) in [5.41, 5.74) is -0.134. The first kappa shape index (κ1) is 4.91. The molecule has 1 radical (unpaired) electrons. The minimum absolute atomic E-state index is 0.134. The Labute approximate surface area is 47.8 Å². The van der Waals surface area contributed by atoms with Crippen molar-refractivity contribution in [3.63, 3.8) is 0 Å². The molecule has 3 heteroatoms. The minimum Gasteiger partial charge on any atom is -0.357 e. The zero-order chi connectivity index (χ0) is 5.28. The fourth-order valence-electron chi connectivity index (χ4n) is 0.440. The molecule has 1 rings (SSSR count). The van der Waals surface area contributed by atoms with Gasteiger partial charge in [0.15, 0.2) is 0 Å². The molecule has 0 aromatic heterocycles. The highest BCUT2D eigenvalue weighted by molar-refractivity contribution is 6.22. The predicted molar refractivity (Wildman–Crippen MR) is 30.2 cm³/mol. The zero-order valence-corrected chi connectivity index (χ0v) is 4.76. The third-order valence-electron chi connectivity index (χ3n) is 0.749. The lowest BCUT2D eigenvalue weighted by molar-refractivity contribution is 0.645. The fraction of sp³-hybridized carbons (Fsp3) is 0.500. The molecule has 0 bridgehead atoms. The second-order valence-corrected chi connectivity index (χ2v) is 1.90. The average Bonchev–Trinajstić information content (AvgIpc) is 1.87. The van der Waals surface area contributed by atoms with Crippen LogP contribution < -0.4 is 0 Å². The lowest BCUT2D eigenvalue weighted by atomic mass is 10.6. The summed E-state index contributed by atoms with van der Waals surface area (Å²) in [4.78, 5) is 5.66. The van der Waals surface area contributed by atoms with Gasteiger partial charge in [0.1, 0.15) is 5.50 Å². The first-order valence-electron chi connectivity index (χ1n) is 2.03. The van der Waals surface area contributed by atoms with Crippen LogP contribution >= 0.6 is 11.6 Å². The number of nitrogens with zero attached hydrogens (tertiary/aromatic N) is 2. The van der Waals surface area contributed by atoms with Crippen molar-refractivity contribution in [3.05, 3.63) is 6.54 Å². The number of hydrogen-bond acceptors (Lipinski definition) is 2. The number of halogens is 1. The van der Waals surface area contributed by atoms with E-state index in [1.165, 1.54) is 0 Å². The first-order valence-corrected chi connectivity index (χ1v) is 2.47. The van der Waals surface area contributed by atoms with Gasteiger partial charge < -0.3 is 4.90 Å². The van der Waals surface area contributed by atoms with Crippen LogP contribution in [0.2, 0.25) is 0 Å². The van der Waals surface area contributed by atoms with Crippen molar-refractivity contribution in [3.8, 4) is 0 Å². The SMILES string of the molecule is CN1[CH]C(Cl)N=C1. The molecule has 39 valence electrons. The molecule has 1 heterocycles. The van der Waals surface area contributed by atoms with Gasteiger partial charge in [-0.3, -0.25) is 4.99 Å². The van der Waals surface area contributed by atoms with Gasteiger partial charge in [0.2, 0.25) is 0 Å². The normalized spacial score (nSPS) is 29.4. The zero-order valence-electron chi connectivity index (χ0n) is 4.00. The largest absolute Gasteiger partial charge is 0.357 e. The summed E-state index contributed by atoms with van der Waals surface area (Å²) in [6.45, 7) is 1.82. The molecule has 0 aliphatic carbocycles. The van der Waals surface area contributed by atoms with Gasteiger partial charge in [-0.25, -0.2) is 0 Å². The lowest BCUT2D eigenvalue weighted by Crippen LogP contribution is -2.08. The Hall–Kier alpha value is -0.240. The molecule has 2 nitrogen and oxygen atoms in total. The topological polar surface area (TPSA) is 15.6 Å². The van der Waals surface area contributed by atoms with Gasteiger partial charge in [-0.2, -0.15) is 0 Å². The van der Waals surface area contributed by atoms with Gasteiger partial charge in [-0.05, 0) is 0 Å². The van der Waals surface area contributed by atoms with Crippen LogP contribution in [0.5, 0.6) is 0 Å². The molecule has 0 aromatic rings. The smallest absolute Gasteiger partial charge is 0.147 e. The van der Waals surface area contributed by atoms with Crippen LogP contribution in [0.3, 0.4) is 0 Å². The van der Waals surface area contributed by atoms with Crippen LogP contribution in [0, 0.1) is 6.54 Å². The third kappa shape index (κ3) is 1.06. The molecule has 7 heavy (non-hydrogen) atoms. The number of likely N-dealkylation sites (N-methyl/N-ethyl adjacent to an activating group) is 1. The molecule has 1 aliphatic rings. The molecule has 1 unspecified atom stereocenters. The van der Waals surface area contributed by atoms with Crippen LogP contribution in [0.15, 0.2) is 4.99 Å². The molecular weight excluding hydrogens is 112 g/mol. The maximum atomic E-state index is 5.51. The van der Waals surface area contributed by atoms with Crippen molar-refractivity contribution in [2.75, 3.05) is 7.05 Å². The summed E-state index contributed by atoms with van der Waals surface area (Å²) >= 11 is 5.51. The highest BCUT2D eigenvalue weighted by Crippen LogP contribution is 2.08. The molecule has 1 aliphatic heterocycles. The molecule has 0 fully saturated rings. The lowest BCUT2D eigenvalue weighted by Gasteiger charge is -2.01. The average molecular weight is 118 g/mol. The maximum Gasteiger partial charge on any atom is 0.147 e. The summed E-state index contributed by atoms with van der Waals surface area (Å²) in [6.07, 6.45) is 1.69. The Balaban J connectivity index is 2.42. The Morgan fingerprint density at radius 3 is 2.71 bits per heavy atom. The van der Waals surface area contributed by atoms with Crippen LogP contribution in [-0.2, 0) is 0 Å². The quantitative estimate of drug-likeness (QED) is 0.337. The van der Waals surface area contributed by atoms with Crippen LogP contribution in [0.1, 0.15) is 0 Å². The molecule has 1 atom stereocenters. The summed E-state index contributed by atoms with van der Waals surface area (Å²) in [7, 11) is 1.89. The second kappa shape index (κ2) is 1.70. The van der Waals surface area contributed by atoms with Crippen molar-refractivity contribution in [1.29, 1.82) is 0 Å². The summed E-state index contributed by atoms with van der Waals surface area (Å²) in [6, 6.07) is 0. The van der Waals surface area contributed by atoms with Crippen molar-refractivity contribution in [2.45, 2.75) is 5.50 Å². The van der Waals surface area contributed by atoms with E-state index in [1.54, 1.807) is 6.34 Å². The predicted octanol–water partition coefficient (Wildman–Crippen LogP) is 0.687. The van der Waals surface area contributed by atoms with Crippen LogP contribution in [0.25, 0.3) is 0 Å². The van der Waals surface area contributed by atoms with E-state index in [0.717, 1.165) is 0 Å². The molecule has 0 amide bonds. The van der Waals surface area contributed by atoms with E-state index in [2.05, 4.69) is 4.99 Å². The Bertz CT molecular complexity index is 81.7. The fourth-order valence-corrected chi connectivity index (χ4v) is 0.668. The number of hydrogen-bond donors (Lipinski definition) is 0. The molecular formula is C4H6ClN2. The van der Waals surface area contributed by atoms with Gasteiger partial charge in [0.25, 0.3) is 0 Å². The standard InChI is InChI=1S/C4H6ClN2/c1-7-2-4(5)6-3-7/h2-4H,1H3. The van der Waals surface area contributed by atoms with Crippen molar-refractivity contribution >= 4 is 17.9 Å². The Morgan fingerprint density at radius 1 is 1.86 bits per heavy atom. The van der Waals surface area contributed by atoms with Gasteiger partial charge in [-0.1, -0.05) is 11.6 Å². The van der Waals surface area contributed by atoms with Crippen molar-refractivity contribution < 1.29 is 0 Å². The van der Waals surface area contributed by atoms with Gasteiger partial charge >= 0.3 is 0 Å². The van der Waals surface area contributed by atoms with E-state index in [1.807, 2.05) is 18.5 Å². The molecule has 0 saturated carbocycles. The molecule has 0 N–H and O–H groups in total.